The number of guanidine groups is 1. The van der Waals surface area contributed by atoms with Gasteiger partial charge in [0.25, 0.3) is 0 Å². The molecule has 0 amide bonds. The number of hydrogen-bond acceptors (Lipinski definition) is 5. The van der Waals surface area contributed by atoms with E-state index in [-0.39, 0.29) is 24.0 Å². The molecule has 7 nitrogen and oxygen atoms in total. The maximum Gasteiger partial charge on any atom is 0.191 e. The highest BCUT2D eigenvalue weighted by Crippen LogP contribution is 2.36. The molecule has 1 aliphatic heterocycles. The van der Waals surface area contributed by atoms with E-state index in [1.165, 1.54) is 50.3 Å². The van der Waals surface area contributed by atoms with Crippen molar-refractivity contribution < 1.29 is 0 Å². The lowest BCUT2D eigenvalue weighted by atomic mass is 9.94. The molecule has 2 N–H and O–H groups in total. The number of rotatable bonds is 7. The number of aliphatic imine (C=N–C) groups is 1. The van der Waals surface area contributed by atoms with Gasteiger partial charge in [-0.15, -0.1) is 34.2 Å². The molecule has 1 saturated heterocycles. The Kier molecular flexibility index (Phi) is 9.64. The lowest BCUT2D eigenvalue weighted by Crippen LogP contribution is -2.57. The van der Waals surface area contributed by atoms with Gasteiger partial charge in [-0.3, -0.25) is 9.89 Å². The maximum absolute atomic E-state index is 4.42. The first-order chi connectivity index (χ1) is 12.8. The zero-order valence-corrected chi connectivity index (χ0v) is 19.8. The number of hydrogen-bond donors (Lipinski definition) is 2. The first-order valence-electron chi connectivity index (χ1n) is 9.91. The summed E-state index contributed by atoms with van der Waals surface area (Å²) in [5.41, 5.74) is 0.322. The van der Waals surface area contributed by atoms with E-state index in [0.717, 1.165) is 37.8 Å². The Hall–Kier alpha value is -0.550. The van der Waals surface area contributed by atoms with Crippen LogP contribution in [-0.4, -0.2) is 75.9 Å². The monoisotopic (exact) mass is 507 g/mol. The van der Waals surface area contributed by atoms with E-state index in [2.05, 4.69) is 54.0 Å². The van der Waals surface area contributed by atoms with Gasteiger partial charge >= 0.3 is 0 Å². The average molecular weight is 507 g/mol. The van der Waals surface area contributed by atoms with Gasteiger partial charge in [0.1, 0.15) is 12.2 Å². The highest BCUT2D eigenvalue weighted by molar-refractivity contribution is 14.0. The van der Waals surface area contributed by atoms with Gasteiger partial charge in [-0.2, -0.15) is 11.8 Å². The Morgan fingerprint density at radius 1 is 1.26 bits per heavy atom. The first-order valence-corrected chi connectivity index (χ1v) is 11.1. The van der Waals surface area contributed by atoms with Crippen LogP contribution in [-0.2, 0) is 13.0 Å². The fourth-order valence-corrected chi connectivity index (χ4v) is 5.08. The summed E-state index contributed by atoms with van der Waals surface area (Å²) in [6.07, 6.45) is 8.03. The lowest BCUT2D eigenvalue weighted by molar-refractivity contribution is 0.107. The van der Waals surface area contributed by atoms with Gasteiger partial charge in [-0.1, -0.05) is 19.8 Å². The third-order valence-corrected chi connectivity index (χ3v) is 6.62. The van der Waals surface area contributed by atoms with Crippen molar-refractivity contribution in [3.05, 3.63) is 12.2 Å². The van der Waals surface area contributed by atoms with Crippen LogP contribution in [0.1, 0.15) is 38.4 Å². The van der Waals surface area contributed by atoms with E-state index in [4.69, 9.17) is 0 Å². The minimum absolute atomic E-state index is 0. The Labute approximate surface area is 184 Å². The normalized spacial score (nSPS) is 20.3. The molecule has 0 spiro atoms. The number of nitrogens with zero attached hydrogens (tertiary/aromatic N) is 5. The molecule has 27 heavy (non-hydrogen) atoms. The largest absolute Gasteiger partial charge is 0.355 e. The van der Waals surface area contributed by atoms with Crippen LogP contribution in [0.15, 0.2) is 11.3 Å². The molecule has 2 heterocycles. The Morgan fingerprint density at radius 2 is 2.00 bits per heavy atom. The van der Waals surface area contributed by atoms with Crippen molar-refractivity contribution in [2.45, 2.75) is 51.1 Å². The van der Waals surface area contributed by atoms with E-state index in [0.29, 0.717) is 5.54 Å². The molecule has 154 valence electrons. The van der Waals surface area contributed by atoms with E-state index in [9.17, 15) is 0 Å². The predicted octanol–water partition coefficient (Wildman–Crippen LogP) is 1.99. The number of nitrogens with one attached hydrogen (secondary N) is 2. The Bertz CT molecular complexity index is 580. The fraction of sp³-hybridized carbons (Fsp3) is 0.833. The molecule has 1 aliphatic carbocycles. The summed E-state index contributed by atoms with van der Waals surface area (Å²) in [6.45, 7) is 7.22. The van der Waals surface area contributed by atoms with E-state index in [1.54, 1.807) is 6.33 Å². The summed E-state index contributed by atoms with van der Waals surface area (Å²) in [5, 5.41) is 15.2. The molecule has 1 saturated carbocycles. The van der Waals surface area contributed by atoms with Crippen LogP contribution in [0.25, 0.3) is 0 Å². The minimum atomic E-state index is 0. The minimum Gasteiger partial charge on any atom is -0.355 e. The zero-order valence-electron chi connectivity index (χ0n) is 16.6. The van der Waals surface area contributed by atoms with Gasteiger partial charge < -0.3 is 15.2 Å². The third-order valence-electron chi connectivity index (χ3n) is 5.68. The van der Waals surface area contributed by atoms with Crippen molar-refractivity contribution in [3.8, 4) is 0 Å². The number of thioether (sulfide) groups is 1. The SMILES string of the molecule is CCc1nncn1CCNC(=NC)NCC1(N2CCSCC2)CCCC1.I. The van der Waals surface area contributed by atoms with Crippen LogP contribution < -0.4 is 10.6 Å². The van der Waals surface area contributed by atoms with Crippen LogP contribution in [0.5, 0.6) is 0 Å². The molecule has 2 aliphatic rings. The van der Waals surface area contributed by atoms with Gasteiger partial charge in [-0.05, 0) is 12.8 Å². The molecular formula is C18H34IN7S. The second kappa shape index (κ2) is 11.5. The highest BCUT2D eigenvalue weighted by Gasteiger charge is 2.39. The summed E-state index contributed by atoms with van der Waals surface area (Å²) in [4.78, 5) is 7.16. The summed E-state index contributed by atoms with van der Waals surface area (Å²) < 4.78 is 2.10. The zero-order chi connectivity index (χ0) is 18.2. The highest BCUT2D eigenvalue weighted by atomic mass is 127. The lowest BCUT2D eigenvalue weighted by Gasteiger charge is -2.43. The Balaban J connectivity index is 0.00000261. The molecule has 0 radical (unpaired) electrons. The summed E-state index contributed by atoms with van der Waals surface area (Å²) in [5.74, 6) is 4.47. The van der Waals surface area contributed by atoms with E-state index in [1.807, 2.05) is 7.05 Å². The van der Waals surface area contributed by atoms with Gasteiger partial charge in [0.05, 0.1) is 0 Å². The molecular weight excluding hydrogens is 473 g/mol. The molecule has 0 aromatic carbocycles. The molecule has 0 unspecified atom stereocenters. The fourth-order valence-electron chi connectivity index (χ4n) is 4.18. The molecule has 0 atom stereocenters. The average Bonchev–Trinajstić information content (AvgIpc) is 3.35. The van der Waals surface area contributed by atoms with Crippen molar-refractivity contribution in [1.82, 2.24) is 30.3 Å². The van der Waals surface area contributed by atoms with Crippen LogP contribution in [0, 0.1) is 0 Å². The van der Waals surface area contributed by atoms with Crippen LogP contribution >= 0.6 is 35.7 Å². The van der Waals surface area contributed by atoms with Crippen LogP contribution in [0.4, 0.5) is 0 Å². The standard InChI is InChI=1S/C18H33N7S.HI/c1-3-16-23-22-15-24(16)9-8-20-17(19-2)21-14-18(6-4-5-7-18)25-10-12-26-13-11-25;/h15H,3-14H2,1-2H3,(H2,19,20,21);1H. The van der Waals surface area contributed by atoms with Crippen molar-refractivity contribution in [3.63, 3.8) is 0 Å². The quantitative estimate of drug-likeness (QED) is 0.334. The second-order valence-corrected chi connectivity index (χ2v) is 8.40. The molecule has 9 heteroatoms. The summed E-state index contributed by atoms with van der Waals surface area (Å²) >= 11 is 2.09. The maximum atomic E-state index is 4.42. The van der Waals surface area contributed by atoms with Crippen molar-refractivity contribution in [2.75, 3.05) is 44.7 Å². The van der Waals surface area contributed by atoms with Gasteiger partial charge in [0.15, 0.2) is 5.96 Å². The molecule has 1 aromatic heterocycles. The molecule has 0 bridgehead atoms. The molecule has 3 rings (SSSR count). The van der Waals surface area contributed by atoms with Crippen molar-refractivity contribution in [2.24, 2.45) is 4.99 Å². The van der Waals surface area contributed by atoms with Gasteiger partial charge in [0.2, 0.25) is 0 Å². The Morgan fingerprint density at radius 3 is 2.67 bits per heavy atom. The third kappa shape index (κ3) is 5.96. The van der Waals surface area contributed by atoms with Crippen LogP contribution in [0.3, 0.4) is 0 Å². The van der Waals surface area contributed by atoms with Crippen molar-refractivity contribution >= 4 is 41.7 Å². The molecule has 2 fully saturated rings. The second-order valence-electron chi connectivity index (χ2n) is 7.18. The number of aryl methyl sites for hydroxylation is 1. The summed E-state index contributed by atoms with van der Waals surface area (Å²) in [7, 11) is 1.85. The number of halogens is 1. The molecule has 1 aromatic rings. The van der Waals surface area contributed by atoms with Crippen LogP contribution in [0.2, 0.25) is 0 Å². The van der Waals surface area contributed by atoms with E-state index < -0.39 is 0 Å². The topological polar surface area (TPSA) is 70.4 Å². The van der Waals surface area contributed by atoms with E-state index >= 15 is 0 Å². The number of aromatic nitrogens is 3. The predicted molar refractivity (Wildman–Crippen MR) is 124 cm³/mol. The van der Waals surface area contributed by atoms with Gasteiger partial charge in [-0.25, -0.2) is 0 Å². The van der Waals surface area contributed by atoms with Crippen molar-refractivity contribution in [1.29, 1.82) is 0 Å². The van der Waals surface area contributed by atoms with Gasteiger partial charge in [0, 0.05) is 63.2 Å². The smallest absolute Gasteiger partial charge is 0.191 e. The first kappa shape index (κ1) is 22.7. The summed E-state index contributed by atoms with van der Waals surface area (Å²) in [6, 6.07) is 0.